The Labute approximate surface area is 168 Å². The van der Waals surface area contributed by atoms with E-state index in [0.717, 1.165) is 12.1 Å². The minimum absolute atomic E-state index is 0.176. The topological polar surface area (TPSA) is 130 Å². The maximum Gasteiger partial charge on any atom is 0.281 e. The van der Waals surface area contributed by atoms with Crippen LogP contribution in [0, 0.1) is 10.1 Å². The van der Waals surface area contributed by atoms with Crippen LogP contribution in [0.2, 0.25) is 5.02 Å². The summed E-state index contributed by atoms with van der Waals surface area (Å²) in [6.07, 6.45) is 0. The van der Waals surface area contributed by atoms with Crippen LogP contribution >= 0.6 is 11.6 Å². The number of hydrogen-bond donors (Lipinski definition) is 3. The molecule has 144 valence electrons. The van der Waals surface area contributed by atoms with Crippen molar-refractivity contribution in [1.82, 2.24) is 0 Å². The summed E-state index contributed by atoms with van der Waals surface area (Å²) < 4.78 is 0. The first-order valence-electron chi connectivity index (χ1n) is 8.28. The number of halogens is 1. The molecule has 1 aliphatic carbocycles. The van der Waals surface area contributed by atoms with Crippen molar-refractivity contribution in [2.75, 3.05) is 5.32 Å². The Bertz CT molecular complexity index is 1240. The molecule has 1 aliphatic rings. The van der Waals surface area contributed by atoms with Gasteiger partial charge in [0.05, 0.1) is 27.3 Å². The third-order valence-electron chi connectivity index (χ3n) is 4.55. The van der Waals surface area contributed by atoms with Gasteiger partial charge in [-0.05, 0) is 36.4 Å². The second kappa shape index (κ2) is 6.61. The molecule has 0 aliphatic heterocycles. The molecule has 0 unspecified atom stereocenters. The lowest BCUT2D eigenvalue weighted by Gasteiger charge is -2.22. The predicted molar refractivity (Wildman–Crippen MR) is 104 cm³/mol. The second-order valence-corrected chi connectivity index (χ2v) is 6.72. The molecule has 3 N–H and O–H groups in total. The van der Waals surface area contributed by atoms with Crippen molar-refractivity contribution in [3.05, 3.63) is 85.9 Å². The summed E-state index contributed by atoms with van der Waals surface area (Å²) in [5.74, 6) is -2.81. The van der Waals surface area contributed by atoms with Crippen LogP contribution in [0.4, 0.5) is 17.1 Å². The van der Waals surface area contributed by atoms with Gasteiger partial charge in [-0.3, -0.25) is 19.7 Å². The maximum atomic E-state index is 13.2. The van der Waals surface area contributed by atoms with Crippen LogP contribution in [0.15, 0.2) is 48.5 Å². The van der Waals surface area contributed by atoms with E-state index in [1.165, 1.54) is 12.1 Å². The van der Waals surface area contributed by atoms with Gasteiger partial charge in [0.15, 0.2) is 0 Å². The van der Waals surface area contributed by atoms with E-state index in [2.05, 4.69) is 5.32 Å². The first kappa shape index (κ1) is 18.5. The van der Waals surface area contributed by atoms with Crippen LogP contribution in [0.5, 0.6) is 11.5 Å². The first-order valence-corrected chi connectivity index (χ1v) is 8.65. The van der Waals surface area contributed by atoms with Gasteiger partial charge in [-0.15, -0.1) is 0 Å². The number of nitro benzene ring substituents is 1. The van der Waals surface area contributed by atoms with E-state index in [1.807, 2.05) is 0 Å². The summed E-state index contributed by atoms with van der Waals surface area (Å²) in [5.41, 5.74) is -1.54. The molecule has 0 saturated heterocycles. The highest BCUT2D eigenvalue weighted by Crippen LogP contribution is 2.43. The summed E-state index contributed by atoms with van der Waals surface area (Å²) in [5, 5.41) is 35.2. The van der Waals surface area contributed by atoms with Crippen molar-refractivity contribution in [1.29, 1.82) is 0 Å². The normalized spacial score (nSPS) is 12.3. The molecule has 0 spiro atoms. The number of carbonyl (C=O) groups is 2. The van der Waals surface area contributed by atoms with Gasteiger partial charge in [-0.2, -0.15) is 0 Å². The zero-order valence-corrected chi connectivity index (χ0v) is 15.2. The fourth-order valence-electron chi connectivity index (χ4n) is 3.33. The Morgan fingerprint density at radius 1 is 0.862 bits per heavy atom. The Balaban J connectivity index is 1.96. The van der Waals surface area contributed by atoms with E-state index in [-0.39, 0.29) is 16.8 Å². The number of fused-ring (bicyclic) bond motifs is 2. The highest BCUT2D eigenvalue weighted by Gasteiger charge is 2.40. The van der Waals surface area contributed by atoms with Gasteiger partial charge in [0.2, 0.25) is 11.6 Å². The molecule has 0 amide bonds. The third-order valence-corrected chi connectivity index (χ3v) is 4.79. The van der Waals surface area contributed by atoms with Gasteiger partial charge in [0, 0.05) is 16.8 Å². The molecule has 9 heteroatoms. The highest BCUT2D eigenvalue weighted by molar-refractivity contribution is 6.33. The number of nitro groups is 1. The van der Waals surface area contributed by atoms with Crippen LogP contribution < -0.4 is 5.32 Å². The molecule has 4 rings (SSSR count). The van der Waals surface area contributed by atoms with Crippen LogP contribution in [0.1, 0.15) is 31.8 Å². The number of anilines is 2. The zero-order valence-electron chi connectivity index (χ0n) is 14.5. The molecular formula is C20H11ClN2O6. The highest BCUT2D eigenvalue weighted by atomic mass is 35.5. The lowest BCUT2D eigenvalue weighted by Crippen LogP contribution is -2.23. The summed E-state index contributed by atoms with van der Waals surface area (Å²) in [4.78, 5) is 36.7. The quantitative estimate of drug-likeness (QED) is 0.262. The molecule has 0 fully saturated rings. The van der Waals surface area contributed by atoms with Gasteiger partial charge in [-0.25, -0.2) is 0 Å². The molecular weight excluding hydrogens is 400 g/mol. The Morgan fingerprint density at radius 2 is 1.48 bits per heavy atom. The molecule has 3 aromatic rings. The number of phenolic OH excluding ortho intramolecular Hbond substituents is 2. The minimum Gasteiger partial charge on any atom is -0.507 e. The number of hydrogen-bond acceptors (Lipinski definition) is 7. The van der Waals surface area contributed by atoms with Crippen molar-refractivity contribution in [3.8, 4) is 11.5 Å². The van der Waals surface area contributed by atoms with Crippen molar-refractivity contribution in [2.24, 2.45) is 0 Å². The van der Waals surface area contributed by atoms with Crippen LogP contribution in [0.25, 0.3) is 0 Å². The van der Waals surface area contributed by atoms with Gasteiger partial charge in [0.25, 0.3) is 5.69 Å². The number of phenols is 2. The molecule has 8 nitrogen and oxygen atoms in total. The van der Waals surface area contributed by atoms with Crippen molar-refractivity contribution in [2.45, 2.75) is 0 Å². The Morgan fingerprint density at radius 3 is 2.14 bits per heavy atom. The number of aromatic hydroxyl groups is 2. The van der Waals surface area contributed by atoms with E-state index in [4.69, 9.17) is 11.6 Å². The van der Waals surface area contributed by atoms with Crippen molar-refractivity contribution < 1.29 is 24.7 Å². The average Bonchev–Trinajstić information content (AvgIpc) is 2.67. The van der Waals surface area contributed by atoms with Crippen LogP contribution in [-0.2, 0) is 0 Å². The predicted octanol–water partition coefficient (Wildman–Crippen LogP) is 4.18. The van der Waals surface area contributed by atoms with Crippen molar-refractivity contribution >= 4 is 40.2 Å². The smallest absolute Gasteiger partial charge is 0.281 e. The van der Waals surface area contributed by atoms with E-state index >= 15 is 0 Å². The number of rotatable bonds is 3. The maximum absolute atomic E-state index is 13.2. The molecule has 29 heavy (non-hydrogen) atoms. The summed E-state index contributed by atoms with van der Waals surface area (Å²) >= 11 is 5.97. The first-order chi connectivity index (χ1) is 13.8. The molecule has 0 bridgehead atoms. The monoisotopic (exact) mass is 410 g/mol. The summed E-state index contributed by atoms with van der Waals surface area (Å²) in [7, 11) is 0. The minimum atomic E-state index is -0.926. The molecule has 0 atom stereocenters. The van der Waals surface area contributed by atoms with Crippen LogP contribution in [0.3, 0.4) is 0 Å². The van der Waals surface area contributed by atoms with E-state index in [0.29, 0.717) is 10.7 Å². The molecule has 0 heterocycles. The fraction of sp³-hybridized carbons (Fsp3) is 0. The zero-order chi connectivity index (χ0) is 20.9. The lowest BCUT2D eigenvalue weighted by molar-refractivity contribution is -0.385. The standard InChI is InChI=1S/C20H11ClN2O6/c21-9-2-1-3-10(8-9)22-11-4-6-13(24)17-15(11)19(26)18-14(25)7-5-12(23(28)29)16(18)20(17)27/h1-8,22,24-25H. The van der Waals surface area contributed by atoms with E-state index < -0.39 is 44.8 Å². The fourth-order valence-corrected chi connectivity index (χ4v) is 3.52. The number of ketones is 2. The Hall–Kier alpha value is -3.91. The SMILES string of the molecule is O=C1c2c(O)ccc([N+](=O)[O-])c2C(=O)c2c(O)ccc(Nc3cccc(Cl)c3)c21. The molecule has 0 saturated carbocycles. The number of nitrogens with one attached hydrogen (secondary N) is 1. The Kier molecular flexibility index (Phi) is 4.20. The van der Waals surface area contributed by atoms with Crippen molar-refractivity contribution in [3.63, 3.8) is 0 Å². The molecule has 3 aromatic carbocycles. The third kappa shape index (κ3) is 2.86. The summed E-state index contributed by atoms with van der Waals surface area (Å²) in [6.45, 7) is 0. The van der Waals surface area contributed by atoms with Gasteiger partial charge in [0.1, 0.15) is 17.1 Å². The van der Waals surface area contributed by atoms with E-state index in [1.54, 1.807) is 24.3 Å². The number of benzene rings is 3. The summed E-state index contributed by atoms with van der Waals surface area (Å²) in [6, 6.07) is 11.1. The number of carbonyl (C=O) groups excluding carboxylic acids is 2. The molecule has 0 aromatic heterocycles. The van der Waals surface area contributed by atoms with E-state index in [9.17, 15) is 29.9 Å². The average molecular weight is 411 g/mol. The number of nitrogens with zero attached hydrogens (tertiary/aromatic N) is 1. The molecule has 0 radical (unpaired) electrons. The van der Waals surface area contributed by atoms with Gasteiger partial charge < -0.3 is 15.5 Å². The van der Waals surface area contributed by atoms with Crippen LogP contribution in [-0.4, -0.2) is 26.7 Å². The lowest BCUT2D eigenvalue weighted by atomic mass is 9.81. The van der Waals surface area contributed by atoms with Gasteiger partial charge in [-0.1, -0.05) is 17.7 Å². The van der Waals surface area contributed by atoms with Gasteiger partial charge >= 0.3 is 0 Å². The second-order valence-electron chi connectivity index (χ2n) is 6.29. The largest absolute Gasteiger partial charge is 0.507 e.